The van der Waals surface area contributed by atoms with Crippen LogP contribution in [0.2, 0.25) is 5.02 Å². The lowest BCUT2D eigenvalue weighted by Crippen LogP contribution is -2.13. The molecule has 0 aromatic heterocycles. The van der Waals surface area contributed by atoms with Crippen molar-refractivity contribution in [1.82, 2.24) is 0 Å². The van der Waals surface area contributed by atoms with Crippen LogP contribution in [-0.2, 0) is 0 Å². The van der Waals surface area contributed by atoms with Crippen molar-refractivity contribution in [3.63, 3.8) is 0 Å². The molecular weight excluding hydrogens is 352 g/mol. The first-order chi connectivity index (χ1) is 10.0. The van der Waals surface area contributed by atoms with Gasteiger partial charge >= 0.3 is 0 Å². The SMILES string of the molecule is CCNc1ccc(C(=O)Nc2ccc(Br)c(Cl)c2)c(C)c1. The van der Waals surface area contributed by atoms with E-state index in [0.717, 1.165) is 22.3 Å². The minimum Gasteiger partial charge on any atom is -0.385 e. The van der Waals surface area contributed by atoms with Crippen LogP contribution in [0.1, 0.15) is 22.8 Å². The fourth-order valence-electron chi connectivity index (χ4n) is 2.00. The van der Waals surface area contributed by atoms with Gasteiger partial charge in [-0.25, -0.2) is 0 Å². The van der Waals surface area contributed by atoms with Crippen molar-refractivity contribution in [3.05, 3.63) is 57.0 Å². The zero-order valence-corrected chi connectivity index (χ0v) is 14.2. The van der Waals surface area contributed by atoms with E-state index in [-0.39, 0.29) is 5.91 Å². The normalized spacial score (nSPS) is 10.3. The fraction of sp³-hybridized carbons (Fsp3) is 0.188. The highest BCUT2D eigenvalue weighted by atomic mass is 79.9. The van der Waals surface area contributed by atoms with Gasteiger partial charge in [0.25, 0.3) is 5.91 Å². The van der Waals surface area contributed by atoms with Crippen LogP contribution in [0.25, 0.3) is 0 Å². The van der Waals surface area contributed by atoms with Crippen molar-refractivity contribution < 1.29 is 4.79 Å². The quantitative estimate of drug-likeness (QED) is 0.790. The van der Waals surface area contributed by atoms with Crippen LogP contribution in [0.5, 0.6) is 0 Å². The Bertz CT molecular complexity index is 673. The van der Waals surface area contributed by atoms with E-state index in [1.807, 2.05) is 32.0 Å². The molecule has 1 amide bonds. The van der Waals surface area contributed by atoms with Crippen LogP contribution in [0.3, 0.4) is 0 Å². The summed E-state index contributed by atoms with van der Waals surface area (Å²) < 4.78 is 0.799. The molecule has 3 nitrogen and oxygen atoms in total. The summed E-state index contributed by atoms with van der Waals surface area (Å²) in [6, 6.07) is 11.0. The second-order valence-corrected chi connectivity index (χ2v) is 5.90. The van der Waals surface area contributed by atoms with E-state index in [9.17, 15) is 4.79 Å². The molecule has 0 aliphatic carbocycles. The number of anilines is 2. The van der Waals surface area contributed by atoms with Crippen molar-refractivity contribution in [3.8, 4) is 0 Å². The Morgan fingerprint density at radius 3 is 2.52 bits per heavy atom. The molecular formula is C16H16BrClN2O. The highest BCUT2D eigenvalue weighted by Gasteiger charge is 2.10. The van der Waals surface area contributed by atoms with Crippen molar-refractivity contribution in [2.75, 3.05) is 17.2 Å². The number of aryl methyl sites for hydroxylation is 1. The van der Waals surface area contributed by atoms with Gasteiger partial charge in [0.15, 0.2) is 0 Å². The van der Waals surface area contributed by atoms with Crippen molar-refractivity contribution >= 4 is 44.8 Å². The maximum absolute atomic E-state index is 12.3. The minimum atomic E-state index is -0.145. The fourth-order valence-corrected chi connectivity index (χ4v) is 2.43. The summed E-state index contributed by atoms with van der Waals surface area (Å²) in [5, 5.41) is 6.64. The van der Waals surface area contributed by atoms with E-state index < -0.39 is 0 Å². The number of amides is 1. The Balaban J connectivity index is 2.18. The molecule has 0 heterocycles. The first-order valence-electron chi connectivity index (χ1n) is 6.62. The molecule has 0 saturated carbocycles. The van der Waals surface area contributed by atoms with Gasteiger partial charge < -0.3 is 10.6 Å². The number of carbonyl (C=O) groups excluding carboxylic acids is 1. The molecule has 0 aliphatic rings. The molecule has 0 atom stereocenters. The Hall–Kier alpha value is -1.52. The van der Waals surface area contributed by atoms with Gasteiger partial charge in [-0.05, 0) is 71.7 Å². The second kappa shape index (κ2) is 6.96. The van der Waals surface area contributed by atoms with Gasteiger partial charge in [0, 0.05) is 28.0 Å². The highest BCUT2D eigenvalue weighted by molar-refractivity contribution is 9.10. The number of benzene rings is 2. The maximum atomic E-state index is 12.3. The van der Waals surface area contributed by atoms with Crippen molar-refractivity contribution in [1.29, 1.82) is 0 Å². The van der Waals surface area contributed by atoms with Crippen LogP contribution < -0.4 is 10.6 Å². The van der Waals surface area contributed by atoms with Gasteiger partial charge in [-0.3, -0.25) is 4.79 Å². The molecule has 0 bridgehead atoms. The Morgan fingerprint density at radius 2 is 1.90 bits per heavy atom. The van der Waals surface area contributed by atoms with E-state index in [1.165, 1.54) is 0 Å². The third-order valence-corrected chi connectivity index (χ3v) is 4.26. The molecule has 0 fully saturated rings. The molecule has 0 unspecified atom stereocenters. The summed E-state index contributed by atoms with van der Waals surface area (Å²) in [7, 11) is 0. The van der Waals surface area contributed by atoms with Gasteiger partial charge in [0.05, 0.1) is 5.02 Å². The van der Waals surface area contributed by atoms with Crippen LogP contribution in [0.15, 0.2) is 40.9 Å². The lowest BCUT2D eigenvalue weighted by molar-refractivity contribution is 0.102. The van der Waals surface area contributed by atoms with Crippen LogP contribution in [0, 0.1) is 6.92 Å². The van der Waals surface area contributed by atoms with Gasteiger partial charge in [-0.2, -0.15) is 0 Å². The van der Waals surface area contributed by atoms with E-state index in [2.05, 4.69) is 26.6 Å². The molecule has 2 aromatic carbocycles. The van der Waals surface area contributed by atoms with Gasteiger partial charge in [-0.15, -0.1) is 0 Å². The number of rotatable bonds is 4. The smallest absolute Gasteiger partial charge is 0.255 e. The minimum absolute atomic E-state index is 0.145. The molecule has 2 rings (SSSR count). The van der Waals surface area contributed by atoms with Gasteiger partial charge in [0.2, 0.25) is 0 Å². The monoisotopic (exact) mass is 366 g/mol. The summed E-state index contributed by atoms with van der Waals surface area (Å²) in [6.45, 7) is 4.81. The molecule has 21 heavy (non-hydrogen) atoms. The van der Waals surface area contributed by atoms with Crippen LogP contribution in [-0.4, -0.2) is 12.5 Å². The molecule has 110 valence electrons. The van der Waals surface area contributed by atoms with Gasteiger partial charge in [0.1, 0.15) is 0 Å². The summed E-state index contributed by atoms with van der Waals surface area (Å²) in [4.78, 5) is 12.3. The van der Waals surface area contributed by atoms with E-state index in [1.54, 1.807) is 18.2 Å². The number of hydrogen-bond acceptors (Lipinski definition) is 2. The predicted octanol–water partition coefficient (Wildman–Crippen LogP) is 5.10. The lowest BCUT2D eigenvalue weighted by Gasteiger charge is -2.10. The first kappa shape index (κ1) is 15.9. The number of carbonyl (C=O) groups is 1. The first-order valence-corrected chi connectivity index (χ1v) is 7.79. The Labute approximate surface area is 137 Å². The average molecular weight is 368 g/mol. The summed E-state index contributed by atoms with van der Waals surface area (Å²) >= 11 is 9.35. The molecule has 2 aromatic rings. The molecule has 0 radical (unpaired) electrons. The second-order valence-electron chi connectivity index (χ2n) is 4.64. The average Bonchev–Trinajstić information content (AvgIpc) is 2.43. The standard InChI is InChI=1S/C16H16BrClN2O/c1-3-19-11-4-6-13(10(2)8-11)16(21)20-12-5-7-14(17)15(18)9-12/h4-9,19H,3H2,1-2H3,(H,20,21). The Kier molecular flexibility index (Phi) is 5.26. The third-order valence-electron chi connectivity index (χ3n) is 3.03. The predicted molar refractivity (Wildman–Crippen MR) is 92.4 cm³/mol. The number of hydrogen-bond donors (Lipinski definition) is 2. The zero-order chi connectivity index (χ0) is 15.4. The van der Waals surface area contributed by atoms with Gasteiger partial charge in [-0.1, -0.05) is 11.6 Å². The number of halogens is 2. The summed E-state index contributed by atoms with van der Waals surface area (Å²) in [6.07, 6.45) is 0. The molecule has 0 aliphatic heterocycles. The molecule has 0 spiro atoms. The van der Waals surface area contributed by atoms with Crippen molar-refractivity contribution in [2.24, 2.45) is 0 Å². The zero-order valence-electron chi connectivity index (χ0n) is 11.8. The van der Waals surface area contributed by atoms with Crippen LogP contribution in [0.4, 0.5) is 11.4 Å². The molecule has 2 N–H and O–H groups in total. The lowest BCUT2D eigenvalue weighted by atomic mass is 10.1. The topological polar surface area (TPSA) is 41.1 Å². The highest BCUT2D eigenvalue weighted by Crippen LogP contribution is 2.26. The molecule has 0 saturated heterocycles. The van der Waals surface area contributed by atoms with E-state index in [0.29, 0.717) is 16.3 Å². The third kappa shape index (κ3) is 3.99. The van der Waals surface area contributed by atoms with E-state index >= 15 is 0 Å². The summed E-state index contributed by atoms with van der Waals surface area (Å²) in [5.41, 5.74) is 3.26. The maximum Gasteiger partial charge on any atom is 0.255 e. The molecule has 5 heteroatoms. The number of nitrogens with one attached hydrogen (secondary N) is 2. The van der Waals surface area contributed by atoms with Crippen molar-refractivity contribution in [2.45, 2.75) is 13.8 Å². The summed E-state index contributed by atoms with van der Waals surface area (Å²) in [5.74, 6) is -0.145. The van der Waals surface area contributed by atoms with E-state index in [4.69, 9.17) is 11.6 Å². The Morgan fingerprint density at radius 1 is 1.19 bits per heavy atom. The van der Waals surface area contributed by atoms with Crippen LogP contribution >= 0.6 is 27.5 Å². The largest absolute Gasteiger partial charge is 0.385 e.